The lowest BCUT2D eigenvalue weighted by Crippen LogP contribution is -2.14. The van der Waals surface area contributed by atoms with Crippen molar-refractivity contribution in [2.24, 2.45) is 0 Å². The number of anilines is 1. The van der Waals surface area contributed by atoms with Crippen LogP contribution in [0.3, 0.4) is 0 Å². The zero-order chi connectivity index (χ0) is 14.4. The summed E-state index contributed by atoms with van der Waals surface area (Å²) in [5, 5.41) is 2.66. The predicted octanol–water partition coefficient (Wildman–Crippen LogP) is 2.99. The molecule has 4 nitrogen and oxygen atoms in total. The second-order valence-corrected chi connectivity index (χ2v) is 4.50. The summed E-state index contributed by atoms with van der Waals surface area (Å²) in [7, 11) is 0. The summed E-state index contributed by atoms with van der Waals surface area (Å²) in [4.78, 5) is 27.8. The first-order valence-corrected chi connectivity index (χ1v) is 6.46. The molecule has 4 heteroatoms. The van der Waals surface area contributed by atoms with Gasteiger partial charge in [0.25, 0.3) is 0 Å². The van der Waals surface area contributed by atoms with E-state index < -0.39 is 0 Å². The van der Waals surface area contributed by atoms with Crippen LogP contribution in [-0.2, 0) is 4.79 Å². The van der Waals surface area contributed by atoms with Crippen LogP contribution in [-0.4, -0.2) is 16.7 Å². The molecule has 0 fully saturated rings. The number of aryl methyl sites for hydroxylation is 1. The highest BCUT2D eigenvalue weighted by atomic mass is 16.2. The number of carbonyl (C=O) groups excluding carboxylic acids is 2. The minimum absolute atomic E-state index is 0.0146. The SMILES string of the molecule is Cc1ccccc1C(=O)CCC(=O)Nc1ccccn1. The van der Waals surface area contributed by atoms with E-state index in [1.54, 1.807) is 30.5 Å². The Balaban J connectivity index is 1.88. The van der Waals surface area contributed by atoms with Gasteiger partial charge in [0, 0.05) is 24.6 Å². The van der Waals surface area contributed by atoms with Gasteiger partial charge in [0.1, 0.15) is 5.82 Å². The van der Waals surface area contributed by atoms with Crippen LogP contribution in [0.4, 0.5) is 5.82 Å². The molecule has 20 heavy (non-hydrogen) atoms. The Morgan fingerprint density at radius 1 is 1.05 bits per heavy atom. The molecule has 0 saturated heterocycles. The van der Waals surface area contributed by atoms with Crippen LogP contribution < -0.4 is 5.32 Å². The lowest BCUT2D eigenvalue weighted by Gasteiger charge is -2.05. The molecule has 0 spiro atoms. The monoisotopic (exact) mass is 268 g/mol. The highest BCUT2D eigenvalue weighted by Crippen LogP contribution is 2.11. The Bertz CT molecular complexity index is 609. The van der Waals surface area contributed by atoms with Gasteiger partial charge in [0.05, 0.1) is 0 Å². The Kier molecular flexibility index (Phi) is 4.60. The van der Waals surface area contributed by atoms with Crippen LogP contribution in [0.1, 0.15) is 28.8 Å². The maximum Gasteiger partial charge on any atom is 0.225 e. The number of nitrogens with one attached hydrogen (secondary N) is 1. The van der Waals surface area contributed by atoms with Gasteiger partial charge in [-0.3, -0.25) is 9.59 Å². The number of pyridine rings is 1. The molecule has 1 N–H and O–H groups in total. The summed E-state index contributed by atoms with van der Waals surface area (Å²) in [5.41, 5.74) is 1.61. The summed E-state index contributed by atoms with van der Waals surface area (Å²) >= 11 is 0. The van der Waals surface area contributed by atoms with E-state index in [-0.39, 0.29) is 24.5 Å². The first kappa shape index (κ1) is 13.9. The summed E-state index contributed by atoms with van der Waals surface area (Å²) in [6.45, 7) is 1.89. The van der Waals surface area contributed by atoms with Crippen LogP contribution in [0.15, 0.2) is 48.7 Å². The molecular formula is C16H16N2O2. The highest BCUT2D eigenvalue weighted by Gasteiger charge is 2.11. The highest BCUT2D eigenvalue weighted by molar-refractivity contribution is 6.00. The first-order valence-electron chi connectivity index (χ1n) is 6.46. The van der Waals surface area contributed by atoms with Gasteiger partial charge in [0.15, 0.2) is 5.78 Å². The molecule has 1 amide bonds. The van der Waals surface area contributed by atoms with Gasteiger partial charge < -0.3 is 5.32 Å². The largest absolute Gasteiger partial charge is 0.311 e. The third kappa shape index (κ3) is 3.75. The maximum absolute atomic E-state index is 12.0. The van der Waals surface area contributed by atoms with Crippen LogP contribution in [0.25, 0.3) is 0 Å². The second-order valence-electron chi connectivity index (χ2n) is 4.50. The summed E-state index contributed by atoms with van der Waals surface area (Å²) in [6.07, 6.45) is 1.96. The molecule has 1 aromatic heterocycles. The van der Waals surface area contributed by atoms with Crippen LogP contribution >= 0.6 is 0 Å². The summed E-state index contributed by atoms with van der Waals surface area (Å²) in [6, 6.07) is 12.7. The molecule has 102 valence electrons. The predicted molar refractivity (Wildman–Crippen MR) is 77.6 cm³/mol. The molecule has 1 aromatic carbocycles. The van der Waals surface area contributed by atoms with Gasteiger partial charge in [-0.25, -0.2) is 4.98 Å². The summed E-state index contributed by atoms with van der Waals surface area (Å²) < 4.78 is 0. The van der Waals surface area contributed by atoms with E-state index in [1.165, 1.54) is 0 Å². The van der Waals surface area contributed by atoms with Crippen molar-refractivity contribution in [1.82, 2.24) is 4.98 Å². The van der Waals surface area contributed by atoms with Gasteiger partial charge in [-0.15, -0.1) is 0 Å². The number of carbonyl (C=O) groups is 2. The Labute approximate surface area is 117 Å². The van der Waals surface area contributed by atoms with Gasteiger partial charge in [-0.2, -0.15) is 0 Å². The van der Waals surface area contributed by atoms with Gasteiger partial charge in [0.2, 0.25) is 5.91 Å². The van der Waals surface area contributed by atoms with Gasteiger partial charge in [-0.05, 0) is 24.6 Å². The molecule has 0 aliphatic rings. The third-order valence-electron chi connectivity index (χ3n) is 2.96. The quantitative estimate of drug-likeness (QED) is 0.848. The third-order valence-corrected chi connectivity index (χ3v) is 2.96. The molecule has 0 aliphatic heterocycles. The van der Waals surface area contributed by atoms with Crippen LogP contribution in [0, 0.1) is 6.92 Å². The molecule has 2 rings (SSSR count). The maximum atomic E-state index is 12.0. The smallest absolute Gasteiger partial charge is 0.225 e. The van der Waals surface area contributed by atoms with E-state index in [9.17, 15) is 9.59 Å². The number of rotatable bonds is 5. The number of amides is 1. The van der Waals surface area contributed by atoms with Crippen molar-refractivity contribution in [3.05, 3.63) is 59.8 Å². The lowest BCUT2D eigenvalue weighted by molar-refractivity contribution is -0.116. The molecule has 0 bridgehead atoms. The average Bonchev–Trinajstić information content (AvgIpc) is 2.46. The number of hydrogen-bond donors (Lipinski definition) is 1. The molecule has 0 unspecified atom stereocenters. The molecule has 0 aliphatic carbocycles. The Hall–Kier alpha value is -2.49. The van der Waals surface area contributed by atoms with Crippen LogP contribution in [0.2, 0.25) is 0 Å². The Morgan fingerprint density at radius 2 is 1.80 bits per heavy atom. The van der Waals surface area contributed by atoms with E-state index in [4.69, 9.17) is 0 Å². The van der Waals surface area contributed by atoms with Crippen molar-refractivity contribution >= 4 is 17.5 Å². The second kappa shape index (κ2) is 6.61. The van der Waals surface area contributed by atoms with Crippen molar-refractivity contribution in [3.63, 3.8) is 0 Å². The van der Waals surface area contributed by atoms with Crippen molar-refractivity contribution in [2.45, 2.75) is 19.8 Å². The van der Waals surface area contributed by atoms with E-state index in [2.05, 4.69) is 10.3 Å². The normalized spacial score (nSPS) is 10.1. The number of ketones is 1. The zero-order valence-corrected chi connectivity index (χ0v) is 11.3. The topological polar surface area (TPSA) is 59.1 Å². The minimum Gasteiger partial charge on any atom is -0.311 e. The molecule has 0 radical (unpaired) electrons. The van der Waals surface area contributed by atoms with Crippen molar-refractivity contribution in [3.8, 4) is 0 Å². The standard InChI is InChI=1S/C16H16N2O2/c1-12-6-2-3-7-13(12)14(19)9-10-16(20)18-15-8-4-5-11-17-15/h2-8,11H,9-10H2,1H3,(H,17,18,20). The van der Waals surface area contributed by atoms with E-state index >= 15 is 0 Å². The van der Waals surface area contributed by atoms with Crippen LogP contribution in [0.5, 0.6) is 0 Å². The number of nitrogens with zero attached hydrogens (tertiary/aromatic N) is 1. The lowest BCUT2D eigenvalue weighted by atomic mass is 10.0. The minimum atomic E-state index is -0.203. The fourth-order valence-corrected chi connectivity index (χ4v) is 1.89. The van der Waals surface area contributed by atoms with Crippen molar-refractivity contribution in [1.29, 1.82) is 0 Å². The number of hydrogen-bond acceptors (Lipinski definition) is 3. The number of aromatic nitrogens is 1. The molecule has 2 aromatic rings. The van der Waals surface area contributed by atoms with E-state index in [0.29, 0.717) is 11.4 Å². The zero-order valence-electron chi connectivity index (χ0n) is 11.3. The fraction of sp³-hybridized carbons (Fsp3) is 0.188. The van der Waals surface area contributed by atoms with Crippen molar-refractivity contribution in [2.75, 3.05) is 5.32 Å². The number of Topliss-reactive ketones (excluding diaryl/α,β-unsaturated/α-hetero) is 1. The Morgan fingerprint density at radius 3 is 2.50 bits per heavy atom. The van der Waals surface area contributed by atoms with Crippen molar-refractivity contribution < 1.29 is 9.59 Å². The van der Waals surface area contributed by atoms with E-state index in [0.717, 1.165) is 5.56 Å². The molecular weight excluding hydrogens is 252 g/mol. The van der Waals surface area contributed by atoms with Gasteiger partial charge in [-0.1, -0.05) is 30.3 Å². The first-order chi connectivity index (χ1) is 9.66. The summed E-state index contributed by atoms with van der Waals surface area (Å²) in [5.74, 6) is 0.283. The molecule has 0 atom stereocenters. The molecule has 0 saturated carbocycles. The number of benzene rings is 1. The fourth-order valence-electron chi connectivity index (χ4n) is 1.89. The molecule has 1 heterocycles. The average molecular weight is 268 g/mol. The van der Waals surface area contributed by atoms with E-state index in [1.807, 2.05) is 25.1 Å². The van der Waals surface area contributed by atoms with Gasteiger partial charge >= 0.3 is 0 Å².